The van der Waals surface area contributed by atoms with E-state index in [-0.39, 0.29) is 62.7 Å². The van der Waals surface area contributed by atoms with Crippen LogP contribution in [0.5, 0.6) is 0 Å². The first-order chi connectivity index (χ1) is 6.95. The van der Waals surface area contributed by atoms with Gasteiger partial charge in [0.25, 0.3) is 0 Å². The molecule has 0 radical (unpaired) electrons. The van der Waals surface area contributed by atoms with Crippen LogP contribution < -0.4 is 56.5 Å². The molecule has 0 aromatic rings. The summed E-state index contributed by atoms with van der Waals surface area (Å²) in [5, 5.41) is 19.9. The molecular weight excluding hydrogens is 273 g/mol. The van der Waals surface area contributed by atoms with Crippen molar-refractivity contribution in [1.29, 1.82) is 0 Å². The van der Waals surface area contributed by atoms with Gasteiger partial charge in [-0.1, -0.05) is 12.2 Å². The van der Waals surface area contributed by atoms with Gasteiger partial charge in [-0.05, 0) is 18.9 Å². The number of hydrogen-bond acceptors (Lipinski definition) is 5. The molecule has 2 aliphatic rings. The fourth-order valence-electron chi connectivity index (χ4n) is 1.94. The van der Waals surface area contributed by atoms with Gasteiger partial charge >= 0.3 is 51.4 Å². The molecule has 4 nitrogen and oxygen atoms in total. The summed E-state index contributed by atoms with van der Waals surface area (Å²) < 4.78 is 0. The van der Waals surface area contributed by atoms with E-state index < -0.39 is 17.1 Å². The molecule has 1 unspecified atom stereocenters. The van der Waals surface area contributed by atoms with Crippen molar-refractivity contribution in [1.82, 2.24) is 4.90 Å². The maximum atomic E-state index is 11.7. The smallest absolute Gasteiger partial charge is 0.863 e. The number of thiocarbonyl (C=S) groups is 1. The molecule has 1 saturated heterocycles. The quantitative estimate of drug-likeness (QED) is 0.329. The summed E-state index contributed by atoms with van der Waals surface area (Å²) in [5.41, 5.74) is 0.321. The maximum Gasteiger partial charge on any atom is 1.00 e. The number of fused-ring (bicyclic) bond motifs is 1. The van der Waals surface area contributed by atoms with Crippen LogP contribution in [0.4, 0.5) is 0 Å². The van der Waals surface area contributed by atoms with Crippen LogP contribution in [0, 0.1) is 5.92 Å². The van der Waals surface area contributed by atoms with E-state index in [0.29, 0.717) is 5.70 Å². The second-order valence-corrected chi connectivity index (χ2v) is 5.38. The molecule has 0 aliphatic carbocycles. The van der Waals surface area contributed by atoms with Gasteiger partial charge in [0.15, 0.2) is 0 Å². The Morgan fingerprint density at radius 2 is 2.25 bits per heavy atom. The van der Waals surface area contributed by atoms with Gasteiger partial charge in [-0.15, -0.1) is 11.8 Å². The van der Waals surface area contributed by atoms with Crippen LogP contribution in [0.1, 0.15) is 13.8 Å². The number of β-lactam (4-membered cyclic amide) rings is 1. The van der Waals surface area contributed by atoms with Crippen molar-refractivity contribution in [2.24, 2.45) is 5.92 Å². The van der Waals surface area contributed by atoms with E-state index >= 15 is 0 Å². The average Bonchev–Trinajstić information content (AvgIpc) is 2.38. The van der Waals surface area contributed by atoms with Gasteiger partial charge in [-0.2, -0.15) is 0 Å². The molecule has 2 aliphatic heterocycles. The molecule has 0 aromatic carbocycles. The van der Waals surface area contributed by atoms with Gasteiger partial charge in [0.05, 0.1) is 17.7 Å². The average molecular weight is 283 g/mol. The van der Waals surface area contributed by atoms with Gasteiger partial charge < -0.3 is 10.2 Å². The number of hydrogen-bond donors (Lipinski definition) is 1. The Hall–Kier alpha value is 1.05. The predicted octanol–water partition coefficient (Wildman–Crippen LogP) is -3.18. The minimum atomic E-state index is -0.682. The zero-order valence-electron chi connectivity index (χ0n) is 9.26. The summed E-state index contributed by atoms with van der Waals surface area (Å²) in [4.78, 5) is 13.8. The third-order valence-electron chi connectivity index (χ3n) is 2.67. The largest absolute Gasteiger partial charge is 1.00 e. The molecule has 3 atom stereocenters. The number of carbonyl (C=O) groups is 1. The van der Waals surface area contributed by atoms with Crippen LogP contribution in [0.25, 0.3) is 0 Å². The summed E-state index contributed by atoms with van der Waals surface area (Å²) >= 11 is 6.00. The number of thioether (sulfide) groups is 1. The molecule has 0 aromatic heterocycles. The van der Waals surface area contributed by atoms with Gasteiger partial charge in [-0.25, -0.2) is 0 Å². The molecule has 16 heavy (non-hydrogen) atoms. The van der Waals surface area contributed by atoms with E-state index in [0.717, 1.165) is 4.91 Å². The van der Waals surface area contributed by atoms with Crippen LogP contribution in [-0.2, 0) is 4.79 Å². The van der Waals surface area contributed by atoms with Gasteiger partial charge in [0.2, 0.25) is 5.91 Å². The van der Waals surface area contributed by atoms with Crippen molar-refractivity contribution >= 4 is 34.9 Å². The normalized spacial score (nSPS) is 29.4. The van der Waals surface area contributed by atoms with Crippen molar-refractivity contribution in [3.05, 3.63) is 10.6 Å². The van der Waals surface area contributed by atoms with E-state index in [9.17, 15) is 15.0 Å². The second kappa shape index (κ2) is 5.35. The molecule has 1 amide bonds. The van der Waals surface area contributed by atoms with Gasteiger partial charge in [0.1, 0.15) is 5.37 Å². The van der Waals surface area contributed by atoms with Crippen molar-refractivity contribution < 1.29 is 66.4 Å². The standard InChI is InChI=1S/C9H11NO3S2.K/c1-3(11)5-7(12)10-6(9(13)14)4(2)15-8(5)10;/h3,5,8,11H,1-2H3,(H,13,14);/q;+1/p-1/t3?,5-,8-;/m1./s1. The van der Waals surface area contributed by atoms with Crippen LogP contribution in [0.3, 0.4) is 0 Å². The summed E-state index contributed by atoms with van der Waals surface area (Å²) in [5.74, 6) is -0.607. The number of rotatable bonds is 2. The Bertz CT molecular complexity index is 383. The number of amides is 1. The molecule has 2 rings (SSSR count). The van der Waals surface area contributed by atoms with E-state index in [1.54, 1.807) is 13.8 Å². The summed E-state index contributed by atoms with van der Waals surface area (Å²) in [6.45, 7) is 3.36. The number of aliphatic hydroxyl groups excluding tert-OH is 1. The summed E-state index contributed by atoms with van der Waals surface area (Å²) in [6, 6.07) is 0. The Labute approximate surface area is 146 Å². The van der Waals surface area contributed by atoms with Crippen molar-refractivity contribution in [2.45, 2.75) is 25.3 Å². The molecule has 1 N–H and O–H groups in total. The first kappa shape index (κ1) is 15.1. The number of allylic oxidation sites excluding steroid dienone is 1. The minimum Gasteiger partial charge on any atom is -0.863 e. The predicted molar refractivity (Wildman–Crippen MR) is 58.7 cm³/mol. The third kappa shape index (κ3) is 2.16. The maximum absolute atomic E-state index is 11.7. The first-order valence-corrected chi connectivity index (χ1v) is 5.84. The van der Waals surface area contributed by atoms with E-state index in [4.69, 9.17) is 0 Å². The van der Waals surface area contributed by atoms with E-state index in [2.05, 4.69) is 12.2 Å². The van der Waals surface area contributed by atoms with Gasteiger partial charge in [-0.3, -0.25) is 9.69 Å². The zero-order chi connectivity index (χ0) is 11.3. The molecular formula is C9H10KNO3S2. The summed E-state index contributed by atoms with van der Waals surface area (Å²) in [6.07, 6.45) is -0.682. The van der Waals surface area contributed by atoms with Crippen molar-refractivity contribution in [3.63, 3.8) is 0 Å². The van der Waals surface area contributed by atoms with Crippen molar-refractivity contribution in [3.8, 4) is 0 Å². The Balaban J connectivity index is 0.00000128. The van der Waals surface area contributed by atoms with E-state index in [1.807, 2.05) is 0 Å². The van der Waals surface area contributed by atoms with Crippen LogP contribution >= 0.6 is 24.0 Å². The second-order valence-electron chi connectivity index (χ2n) is 3.68. The molecule has 7 heteroatoms. The Morgan fingerprint density at radius 3 is 2.69 bits per heavy atom. The molecule has 0 saturated carbocycles. The molecule has 0 bridgehead atoms. The van der Waals surface area contributed by atoms with Crippen molar-refractivity contribution in [2.75, 3.05) is 0 Å². The monoisotopic (exact) mass is 283 g/mol. The van der Waals surface area contributed by atoms with Crippen LogP contribution in [0.2, 0.25) is 0 Å². The van der Waals surface area contributed by atoms with Gasteiger partial charge in [0, 0.05) is 4.91 Å². The zero-order valence-corrected chi connectivity index (χ0v) is 14.0. The number of aliphatic hydroxyl groups is 1. The Kier molecular flexibility index (Phi) is 5.06. The van der Waals surface area contributed by atoms with E-state index in [1.165, 1.54) is 16.7 Å². The molecule has 0 spiro atoms. The fraction of sp³-hybridized carbons (Fsp3) is 0.556. The minimum absolute atomic E-state index is 0. The van der Waals surface area contributed by atoms with Crippen LogP contribution in [-0.4, -0.2) is 32.4 Å². The molecule has 1 fully saturated rings. The first-order valence-electron chi connectivity index (χ1n) is 4.55. The Morgan fingerprint density at radius 1 is 1.69 bits per heavy atom. The number of carbonyl (C=O) groups excluding carboxylic acids is 1. The fourth-order valence-corrected chi connectivity index (χ4v) is 3.73. The molecule has 2 heterocycles. The third-order valence-corrected chi connectivity index (χ3v) is 4.16. The SMILES string of the molecule is CC1=C(C([O-])=S)N2C(=O)[C@@H](C(C)O)[C@H]2S1.[K+]. The summed E-state index contributed by atoms with van der Waals surface area (Å²) in [7, 11) is 0. The number of nitrogens with zero attached hydrogens (tertiary/aromatic N) is 1. The molecule has 82 valence electrons. The topological polar surface area (TPSA) is 63.6 Å². The van der Waals surface area contributed by atoms with Crippen LogP contribution in [0.15, 0.2) is 10.6 Å².